The van der Waals surface area contributed by atoms with Gasteiger partial charge in [-0.15, -0.1) is 0 Å². The van der Waals surface area contributed by atoms with E-state index in [0.29, 0.717) is 31.4 Å². The van der Waals surface area contributed by atoms with Crippen molar-refractivity contribution in [3.05, 3.63) is 42.5 Å². The van der Waals surface area contributed by atoms with Crippen molar-refractivity contribution < 1.29 is 32.3 Å². The van der Waals surface area contributed by atoms with Crippen LogP contribution in [0.25, 0.3) is 10.8 Å². The number of nitrogens with two attached hydrogens (primary N) is 1. The number of ether oxygens (including phenoxy) is 2. The van der Waals surface area contributed by atoms with Crippen LogP contribution < -0.4 is 15.8 Å². The lowest BCUT2D eigenvalue weighted by Crippen LogP contribution is -2.56. The number of nitrogens with one attached hydrogen (secondary N) is 3. The highest BCUT2D eigenvalue weighted by Crippen LogP contribution is 2.28. The Bertz CT molecular complexity index is 1400. The van der Waals surface area contributed by atoms with Crippen LogP contribution >= 0.6 is 0 Å². The quantitative estimate of drug-likeness (QED) is 0.152. The molecule has 1 unspecified atom stereocenters. The highest BCUT2D eigenvalue weighted by molar-refractivity contribution is 7.89. The summed E-state index contributed by atoms with van der Waals surface area (Å²) in [7, 11) is -4.24. The third-order valence-corrected chi connectivity index (χ3v) is 8.43. The largest absolute Gasteiger partial charge is 0.465 e. The Kier molecular flexibility index (Phi) is 9.78. The van der Waals surface area contributed by atoms with Crippen molar-refractivity contribution in [2.24, 2.45) is 5.73 Å². The number of morpholine rings is 1. The Morgan fingerprint density at radius 2 is 1.93 bits per heavy atom. The van der Waals surface area contributed by atoms with Gasteiger partial charge in [-0.05, 0) is 42.7 Å². The van der Waals surface area contributed by atoms with Crippen LogP contribution in [0.2, 0.25) is 0 Å². The van der Waals surface area contributed by atoms with E-state index in [1.54, 1.807) is 30.0 Å². The van der Waals surface area contributed by atoms with Crippen LogP contribution in [0.4, 0.5) is 0 Å². The first-order valence-corrected chi connectivity index (χ1v) is 15.0. The summed E-state index contributed by atoms with van der Waals surface area (Å²) in [5.41, 5.74) is 5.65. The number of rotatable bonds is 12. The molecule has 0 aromatic heterocycles. The molecular formula is C27H36N6O7S. The minimum atomic E-state index is -4.24. The molecule has 1 saturated carbocycles. The van der Waals surface area contributed by atoms with Crippen molar-refractivity contribution in [3.63, 3.8) is 0 Å². The van der Waals surface area contributed by atoms with E-state index in [1.807, 2.05) is 12.1 Å². The summed E-state index contributed by atoms with van der Waals surface area (Å²) < 4.78 is 39.8. The lowest BCUT2D eigenvalue weighted by Gasteiger charge is -2.36. The maximum Gasteiger partial charge on any atom is 0.325 e. The molecule has 2 aromatic rings. The average molecular weight is 589 g/mol. The molecule has 41 heavy (non-hydrogen) atoms. The molecule has 2 atom stereocenters. The molecule has 0 spiro atoms. The topological polar surface area (TPSA) is 184 Å². The lowest BCUT2D eigenvalue weighted by atomic mass is 10.1. The average Bonchev–Trinajstić information content (AvgIpc) is 3.79. The Labute approximate surface area is 238 Å². The fourth-order valence-electron chi connectivity index (χ4n) is 4.72. The Morgan fingerprint density at radius 1 is 1.20 bits per heavy atom. The normalized spacial score (nSPS) is 18.0. The van der Waals surface area contributed by atoms with E-state index in [-0.39, 0.29) is 49.2 Å². The van der Waals surface area contributed by atoms with Gasteiger partial charge in [-0.3, -0.25) is 19.8 Å². The van der Waals surface area contributed by atoms with Crippen molar-refractivity contribution in [2.45, 2.75) is 49.2 Å². The van der Waals surface area contributed by atoms with Crippen molar-refractivity contribution in [1.82, 2.24) is 19.8 Å². The fourth-order valence-corrected chi connectivity index (χ4v) is 5.94. The molecule has 2 amide bonds. The van der Waals surface area contributed by atoms with Crippen LogP contribution in [0.1, 0.15) is 26.2 Å². The summed E-state index contributed by atoms with van der Waals surface area (Å²) in [6.07, 6.45) is 0.805. The molecule has 14 heteroatoms. The molecule has 0 radical (unpaired) electrons. The lowest BCUT2D eigenvalue weighted by molar-refractivity contribution is -0.150. The molecule has 2 fully saturated rings. The molecule has 1 aliphatic carbocycles. The van der Waals surface area contributed by atoms with Gasteiger partial charge in [0.2, 0.25) is 21.8 Å². The number of hydrogen-bond acceptors (Lipinski definition) is 8. The van der Waals surface area contributed by atoms with Gasteiger partial charge in [0.1, 0.15) is 12.6 Å². The highest BCUT2D eigenvalue weighted by Gasteiger charge is 2.39. The standard InChI is InChI=1S/C27H36N6O7S/c1-2-40-25(35)16-33(20-8-9-20)26(36)23(14-24(34)30-15-21-17-39-12-11-32(21)27(28)29)31-41(37,38)22-10-7-18-5-3-4-6-19(18)13-22/h3-7,10,13,20-21,23,31H,2,8-9,11-12,14-17H2,1H3,(H3,28,29)(H,30,34)/t21?,23-/m0/s1. The van der Waals surface area contributed by atoms with Gasteiger partial charge in [0.05, 0.1) is 37.2 Å². The number of hydrogen-bond donors (Lipinski definition) is 4. The number of esters is 1. The van der Waals surface area contributed by atoms with Crippen molar-refractivity contribution in [3.8, 4) is 0 Å². The van der Waals surface area contributed by atoms with Gasteiger partial charge in [0.25, 0.3) is 0 Å². The second-order valence-corrected chi connectivity index (χ2v) is 11.7. The van der Waals surface area contributed by atoms with Gasteiger partial charge >= 0.3 is 5.97 Å². The second-order valence-electron chi connectivity index (χ2n) is 10.0. The van der Waals surface area contributed by atoms with Gasteiger partial charge in [0.15, 0.2) is 5.96 Å². The van der Waals surface area contributed by atoms with E-state index in [4.69, 9.17) is 20.6 Å². The number of fused-ring (bicyclic) bond motifs is 1. The second kappa shape index (κ2) is 13.3. The predicted molar refractivity (Wildman–Crippen MR) is 150 cm³/mol. The van der Waals surface area contributed by atoms with Crippen LogP contribution in [-0.2, 0) is 33.9 Å². The first-order valence-electron chi connectivity index (χ1n) is 13.5. The fraction of sp³-hybridized carbons (Fsp3) is 0.481. The third-order valence-electron chi connectivity index (χ3n) is 6.96. The van der Waals surface area contributed by atoms with E-state index in [2.05, 4.69) is 10.0 Å². The van der Waals surface area contributed by atoms with Crippen LogP contribution in [0.3, 0.4) is 0 Å². The predicted octanol–water partition coefficient (Wildman–Crippen LogP) is 0.141. The van der Waals surface area contributed by atoms with Crippen LogP contribution in [-0.4, -0.2) is 99.5 Å². The molecule has 222 valence electrons. The summed E-state index contributed by atoms with van der Waals surface area (Å²) in [4.78, 5) is 41.8. The van der Waals surface area contributed by atoms with Crippen LogP contribution in [0, 0.1) is 5.41 Å². The molecular weight excluding hydrogens is 552 g/mol. The monoisotopic (exact) mass is 588 g/mol. The molecule has 2 aliphatic rings. The minimum Gasteiger partial charge on any atom is -0.465 e. The van der Waals surface area contributed by atoms with E-state index >= 15 is 0 Å². The summed E-state index contributed by atoms with van der Waals surface area (Å²) >= 11 is 0. The van der Waals surface area contributed by atoms with Crippen LogP contribution in [0.5, 0.6) is 0 Å². The summed E-state index contributed by atoms with van der Waals surface area (Å²) in [6.45, 7) is 2.55. The number of carbonyl (C=O) groups is 3. The maximum atomic E-state index is 13.7. The molecule has 13 nitrogen and oxygen atoms in total. The Balaban J connectivity index is 1.54. The van der Waals surface area contributed by atoms with E-state index in [9.17, 15) is 22.8 Å². The maximum absolute atomic E-state index is 13.7. The molecule has 5 N–H and O–H groups in total. The van der Waals surface area contributed by atoms with Gasteiger partial charge in [0, 0.05) is 19.1 Å². The summed E-state index contributed by atoms with van der Waals surface area (Å²) in [6, 6.07) is 9.74. The number of sulfonamides is 1. The van der Waals surface area contributed by atoms with Crippen LogP contribution in [0.15, 0.2) is 47.4 Å². The van der Waals surface area contributed by atoms with Crippen molar-refractivity contribution >= 4 is 44.5 Å². The zero-order valence-corrected chi connectivity index (χ0v) is 23.7. The van der Waals surface area contributed by atoms with Crippen molar-refractivity contribution in [1.29, 1.82) is 5.41 Å². The number of nitrogens with zero attached hydrogens (tertiary/aromatic N) is 2. The molecule has 1 aliphatic heterocycles. The number of benzene rings is 2. The smallest absolute Gasteiger partial charge is 0.325 e. The molecule has 1 heterocycles. The first kappa shape index (κ1) is 30.2. The number of carbonyl (C=O) groups excluding carboxylic acids is 3. The summed E-state index contributed by atoms with van der Waals surface area (Å²) in [5, 5.41) is 12.0. The zero-order chi connectivity index (χ0) is 29.6. The van der Waals surface area contributed by atoms with Crippen molar-refractivity contribution in [2.75, 3.05) is 39.5 Å². The highest BCUT2D eigenvalue weighted by atomic mass is 32.2. The van der Waals surface area contributed by atoms with E-state index in [0.717, 1.165) is 5.39 Å². The van der Waals surface area contributed by atoms with Gasteiger partial charge in [-0.25, -0.2) is 8.42 Å². The van der Waals surface area contributed by atoms with Gasteiger partial charge < -0.3 is 30.3 Å². The molecule has 4 rings (SSSR count). The zero-order valence-electron chi connectivity index (χ0n) is 22.9. The number of guanidine groups is 1. The molecule has 0 bridgehead atoms. The first-order chi connectivity index (χ1) is 19.6. The summed E-state index contributed by atoms with van der Waals surface area (Å²) in [5.74, 6) is -2.05. The SMILES string of the molecule is CCOC(=O)CN(C(=O)[C@H](CC(=O)NCC1COCCN1C(=N)N)NS(=O)(=O)c1ccc2ccccc2c1)C1CC1. The Hall–Kier alpha value is -3.75. The minimum absolute atomic E-state index is 0.0609. The van der Waals surface area contributed by atoms with E-state index in [1.165, 1.54) is 17.0 Å². The van der Waals surface area contributed by atoms with Gasteiger partial charge in [-0.1, -0.05) is 30.3 Å². The Morgan fingerprint density at radius 3 is 2.61 bits per heavy atom. The third kappa shape index (κ3) is 7.93. The molecule has 1 saturated heterocycles. The molecule has 2 aromatic carbocycles. The number of amides is 2. The van der Waals surface area contributed by atoms with Gasteiger partial charge in [-0.2, -0.15) is 4.72 Å². The van der Waals surface area contributed by atoms with E-state index < -0.39 is 40.3 Å².